The van der Waals surface area contributed by atoms with Crippen LogP contribution in [0.2, 0.25) is 10.0 Å². The summed E-state index contributed by atoms with van der Waals surface area (Å²) >= 11 is 12.2. The van der Waals surface area contributed by atoms with Gasteiger partial charge in [-0.05, 0) is 42.3 Å². The van der Waals surface area contributed by atoms with Crippen molar-refractivity contribution in [1.29, 1.82) is 0 Å². The van der Waals surface area contributed by atoms with Gasteiger partial charge in [-0.3, -0.25) is 4.79 Å². The molecule has 0 saturated carbocycles. The van der Waals surface area contributed by atoms with Gasteiger partial charge < -0.3 is 4.90 Å². The molecule has 1 amide bonds. The van der Waals surface area contributed by atoms with Gasteiger partial charge in [0.25, 0.3) is 0 Å². The molecule has 7 heteroatoms. The number of likely N-dealkylation sites (N-methyl/N-ethyl adjacent to an activating group) is 1. The fourth-order valence-electron chi connectivity index (χ4n) is 2.59. The number of halogens is 2. The summed E-state index contributed by atoms with van der Waals surface area (Å²) in [6, 6.07) is 13.1. The van der Waals surface area contributed by atoms with Gasteiger partial charge in [0.15, 0.2) is 0 Å². The van der Waals surface area contributed by atoms with E-state index in [-0.39, 0.29) is 11.9 Å². The highest BCUT2D eigenvalue weighted by Crippen LogP contribution is 2.27. The van der Waals surface area contributed by atoms with Crippen molar-refractivity contribution in [3.05, 3.63) is 82.4 Å². The van der Waals surface area contributed by atoms with Crippen LogP contribution in [0.3, 0.4) is 0 Å². The van der Waals surface area contributed by atoms with Gasteiger partial charge in [0.05, 0.1) is 21.8 Å². The van der Waals surface area contributed by atoms with E-state index in [0.717, 1.165) is 11.3 Å². The number of hydrogen-bond acceptors (Lipinski definition) is 3. The third-order valence-electron chi connectivity index (χ3n) is 4.37. The lowest BCUT2D eigenvalue weighted by Crippen LogP contribution is -2.28. The van der Waals surface area contributed by atoms with Crippen LogP contribution < -0.4 is 0 Å². The van der Waals surface area contributed by atoms with E-state index in [1.807, 2.05) is 37.3 Å². The van der Waals surface area contributed by atoms with Crippen LogP contribution in [0.5, 0.6) is 0 Å². The Bertz CT molecular complexity index is 953. The lowest BCUT2D eigenvalue weighted by molar-refractivity contribution is -0.126. The summed E-state index contributed by atoms with van der Waals surface area (Å²) < 4.78 is 1.68. The van der Waals surface area contributed by atoms with E-state index in [1.54, 1.807) is 41.2 Å². The van der Waals surface area contributed by atoms with Gasteiger partial charge >= 0.3 is 0 Å². The molecule has 0 spiro atoms. The summed E-state index contributed by atoms with van der Waals surface area (Å²) in [6.45, 7) is 1.97. The Balaban J connectivity index is 1.70. The number of rotatable bonds is 5. The van der Waals surface area contributed by atoms with Crippen LogP contribution >= 0.6 is 23.2 Å². The van der Waals surface area contributed by atoms with E-state index < -0.39 is 0 Å². The smallest absolute Gasteiger partial charge is 0.246 e. The molecule has 0 fully saturated rings. The molecule has 3 rings (SSSR count). The van der Waals surface area contributed by atoms with Crippen LogP contribution in [-0.4, -0.2) is 32.6 Å². The van der Waals surface area contributed by atoms with Crippen LogP contribution in [0.4, 0.5) is 0 Å². The molecular formula is C20H18Cl2N4O. The minimum atomic E-state index is -0.126. The Labute approximate surface area is 167 Å². The molecule has 0 N–H and O–H groups in total. The topological polar surface area (TPSA) is 51.0 Å². The molecule has 138 valence electrons. The summed E-state index contributed by atoms with van der Waals surface area (Å²) in [4.78, 5) is 18.1. The summed E-state index contributed by atoms with van der Waals surface area (Å²) in [5.41, 5.74) is 2.63. The molecule has 2 aromatic carbocycles. The Morgan fingerprint density at radius 2 is 1.93 bits per heavy atom. The molecular weight excluding hydrogens is 383 g/mol. The van der Waals surface area contributed by atoms with E-state index in [2.05, 4.69) is 10.1 Å². The Morgan fingerprint density at radius 1 is 1.19 bits per heavy atom. The molecule has 1 atom stereocenters. The number of carbonyl (C=O) groups excluding carboxylic acids is 1. The molecule has 0 saturated heterocycles. The zero-order chi connectivity index (χ0) is 19.4. The summed E-state index contributed by atoms with van der Waals surface area (Å²) in [6.07, 6.45) is 6.30. The predicted molar refractivity (Wildman–Crippen MR) is 108 cm³/mol. The van der Waals surface area contributed by atoms with Gasteiger partial charge in [-0.2, -0.15) is 5.10 Å². The molecule has 27 heavy (non-hydrogen) atoms. The summed E-state index contributed by atoms with van der Waals surface area (Å²) in [7, 11) is 1.77. The van der Waals surface area contributed by atoms with Crippen molar-refractivity contribution in [2.75, 3.05) is 7.05 Å². The van der Waals surface area contributed by atoms with Gasteiger partial charge in [0, 0.05) is 13.1 Å². The summed E-state index contributed by atoms with van der Waals surface area (Å²) in [5, 5.41) is 4.99. The monoisotopic (exact) mass is 400 g/mol. The highest BCUT2D eigenvalue weighted by molar-refractivity contribution is 6.42. The van der Waals surface area contributed by atoms with Crippen LogP contribution in [0.1, 0.15) is 24.1 Å². The minimum Gasteiger partial charge on any atom is -0.335 e. The number of aromatic nitrogens is 3. The quantitative estimate of drug-likeness (QED) is 0.577. The van der Waals surface area contributed by atoms with Gasteiger partial charge in [-0.15, -0.1) is 0 Å². The maximum absolute atomic E-state index is 12.5. The van der Waals surface area contributed by atoms with Gasteiger partial charge in [0.1, 0.15) is 12.7 Å². The van der Waals surface area contributed by atoms with E-state index in [4.69, 9.17) is 23.2 Å². The lowest BCUT2D eigenvalue weighted by Gasteiger charge is -2.24. The highest BCUT2D eigenvalue weighted by atomic mass is 35.5. The molecule has 0 aliphatic rings. The first kappa shape index (κ1) is 19.1. The SMILES string of the molecule is C[C@H](c1ccc(-n2cncn2)cc1)N(C)C(=O)/C=C/c1cccc(Cl)c1Cl. The third kappa shape index (κ3) is 4.38. The molecule has 1 aromatic heterocycles. The third-order valence-corrected chi connectivity index (χ3v) is 5.21. The second-order valence-electron chi connectivity index (χ2n) is 6.03. The molecule has 0 bridgehead atoms. The van der Waals surface area contributed by atoms with Crippen molar-refractivity contribution < 1.29 is 4.79 Å². The Hall–Kier alpha value is -2.63. The first-order valence-corrected chi connectivity index (χ1v) is 9.07. The van der Waals surface area contributed by atoms with Gasteiger partial charge in [-0.25, -0.2) is 9.67 Å². The molecule has 0 aliphatic carbocycles. The van der Waals surface area contributed by atoms with E-state index in [1.165, 1.54) is 12.4 Å². The maximum Gasteiger partial charge on any atom is 0.246 e. The lowest BCUT2D eigenvalue weighted by atomic mass is 10.1. The number of hydrogen-bond donors (Lipinski definition) is 0. The first-order valence-electron chi connectivity index (χ1n) is 8.31. The molecule has 0 aliphatic heterocycles. The van der Waals surface area contributed by atoms with Crippen molar-refractivity contribution in [2.24, 2.45) is 0 Å². The fraction of sp³-hybridized carbons (Fsp3) is 0.150. The van der Waals surface area contributed by atoms with Gasteiger partial charge in [-0.1, -0.05) is 47.5 Å². The highest BCUT2D eigenvalue weighted by Gasteiger charge is 2.15. The average molecular weight is 401 g/mol. The van der Waals surface area contributed by atoms with E-state index in [9.17, 15) is 4.79 Å². The zero-order valence-electron chi connectivity index (χ0n) is 14.9. The molecule has 0 radical (unpaired) electrons. The molecule has 5 nitrogen and oxygen atoms in total. The molecule has 3 aromatic rings. The van der Waals surface area contributed by atoms with E-state index >= 15 is 0 Å². The largest absolute Gasteiger partial charge is 0.335 e. The van der Waals surface area contributed by atoms with E-state index in [0.29, 0.717) is 15.6 Å². The van der Waals surface area contributed by atoms with Gasteiger partial charge in [0.2, 0.25) is 5.91 Å². The zero-order valence-corrected chi connectivity index (χ0v) is 16.4. The first-order chi connectivity index (χ1) is 13.0. The Morgan fingerprint density at radius 3 is 2.59 bits per heavy atom. The van der Waals surface area contributed by atoms with Crippen molar-refractivity contribution in [3.63, 3.8) is 0 Å². The number of benzene rings is 2. The normalized spacial score (nSPS) is 12.3. The van der Waals surface area contributed by atoms with Crippen molar-refractivity contribution in [1.82, 2.24) is 19.7 Å². The molecule has 0 unspecified atom stereocenters. The van der Waals surface area contributed by atoms with Crippen molar-refractivity contribution in [3.8, 4) is 5.69 Å². The number of nitrogens with zero attached hydrogens (tertiary/aromatic N) is 4. The van der Waals surface area contributed by atoms with Crippen LogP contribution in [-0.2, 0) is 4.79 Å². The second-order valence-corrected chi connectivity index (χ2v) is 6.82. The fourth-order valence-corrected chi connectivity index (χ4v) is 2.96. The number of amides is 1. The Kier molecular flexibility index (Phi) is 5.94. The molecule has 1 heterocycles. The van der Waals surface area contributed by atoms with Crippen LogP contribution in [0.25, 0.3) is 11.8 Å². The standard InChI is InChI=1S/C20H18Cl2N4O/c1-14(15-6-9-17(10-7-15)26-13-23-12-24-26)25(2)19(27)11-8-16-4-3-5-18(21)20(16)22/h3-14H,1-2H3/b11-8+/t14-/m1/s1. The van der Waals surface area contributed by atoms with Crippen molar-refractivity contribution in [2.45, 2.75) is 13.0 Å². The number of carbonyl (C=O) groups is 1. The second kappa shape index (κ2) is 8.37. The predicted octanol–water partition coefficient (Wildman–Crippen LogP) is 4.81. The maximum atomic E-state index is 12.5. The average Bonchev–Trinajstić information content (AvgIpc) is 3.22. The summed E-state index contributed by atoms with van der Waals surface area (Å²) in [5.74, 6) is -0.126. The minimum absolute atomic E-state index is 0.0956. The van der Waals surface area contributed by atoms with Crippen LogP contribution in [0.15, 0.2) is 61.2 Å². The van der Waals surface area contributed by atoms with Crippen molar-refractivity contribution >= 4 is 35.2 Å². The van der Waals surface area contributed by atoms with Crippen LogP contribution in [0, 0.1) is 0 Å².